The van der Waals surface area contributed by atoms with E-state index in [2.05, 4.69) is 15.9 Å². The van der Waals surface area contributed by atoms with Crippen LogP contribution in [0.2, 0.25) is 0 Å². The molecule has 1 aromatic heterocycles. The summed E-state index contributed by atoms with van der Waals surface area (Å²) in [6, 6.07) is 8.63. The van der Waals surface area contributed by atoms with E-state index in [4.69, 9.17) is 5.73 Å². The van der Waals surface area contributed by atoms with Crippen molar-refractivity contribution in [3.63, 3.8) is 0 Å². The molecule has 0 aliphatic heterocycles. The van der Waals surface area contributed by atoms with Gasteiger partial charge in [0.2, 0.25) is 5.91 Å². The summed E-state index contributed by atoms with van der Waals surface area (Å²) in [5, 5.41) is 0.884. The maximum atomic E-state index is 11.6. The maximum Gasteiger partial charge on any atom is 0.251 e. The van der Waals surface area contributed by atoms with Gasteiger partial charge in [0.15, 0.2) is 0 Å². The Morgan fingerprint density at radius 2 is 2.06 bits per heavy atom. The van der Waals surface area contributed by atoms with Gasteiger partial charge in [-0.15, -0.1) is 0 Å². The quantitative estimate of drug-likeness (QED) is 0.900. The average molecular weight is 281 g/mol. The number of pyridine rings is 1. The fourth-order valence-electron chi connectivity index (χ4n) is 1.59. The van der Waals surface area contributed by atoms with Gasteiger partial charge >= 0.3 is 0 Å². The first-order valence-electron chi connectivity index (χ1n) is 4.65. The van der Waals surface area contributed by atoms with Crippen LogP contribution in [0.25, 0.3) is 10.9 Å². The monoisotopic (exact) mass is 280 g/mol. The van der Waals surface area contributed by atoms with Crippen LogP contribution in [-0.2, 0) is 11.3 Å². The number of carbonyl (C=O) groups excluding carboxylic acids is 1. The van der Waals surface area contributed by atoms with Crippen molar-refractivity contribution >= 4 is 32.7 Å². The smallest absolute Gasteiger partial charge is 0.251 e. The highest BCUT2D eigenvalue weighted by molar-refractivity contribution is 9.10. The van der Waals surface area contributed by atoms with Gasteiger partial charge in [-0.25, -0.2) is 0 Å². The summed E-state index contributed by atoms with van der Waals surface area (Å²) in [7, 11) is 0. The molecule has 4 nitrogen and oxygen atoms in total. The fourth-order valence-corrected chi connectivity index (χ4v) is 1.97. The predicted molar refractivity (Wildman–Crippen MR) is 65.1 cm³/mol. The number of halogens is 1. The first-order chi connectivity index (χ1) is 7.58. The highest BCUT2D eigenvalue weighted by Gasteiger charge is 2.05. The standard InChI is InChI=1S/C11H9BrN2O2/c12-8-2-3-9-7(5-8)1-4-11(16)14(9)6-10(13)15/h1-5H,6H2,(H2,13,15). The van der Waals surface area contributed by atoms with Crippen molar-refractivity contribution in [1.29, 1.82) is 0 Å². The third-order valence-corrected chi connectivity index (χ3v) is 2.76. The van der Waals surface area contributed by atoms with E-state index in [0.717, 1.165) is 9.86 Å². The molecule has 1 amide bonds. The lowest BCUT2D eigenvalue weighted by atomic mass is 10.2. The third-order valence-electron chi connectivity index (χ3n) is 2.27. The lowest BCUT2D eigenvalue weighted by Gasteiger charge is -2.07. The molecule has 82 valence electrons. The molecule has 0 saturated carbocycles. The molecule has 0 bridgehead atoms. The zero-order chi connectivity index (χ0) is 11.7. The van der Waals surface area contributed by atoms with E-state index < -0.39 is 5.91 Å². The van der Waals surface area contributed by atoms with E-state index in [-0.39, 0.29) is 12.1 Å². The van der Waals surface area contributed by atoms with Crippen LogP contribution < -0.4 is 11.3 Å². The van der Waals surface area contributed by atoms with Crippen LogP contribution in [0.4, 0.5) is 0 Å². The van der Waals surface area contributed by atoms with Crippen LogP contribution in [0.1, 0.15) is 0 Å². The van der Waals surface area contributed by atoms with Crippen molar-refractivity contribution in [2.24, 2.45) is 5.73 Å². The zero-order valence-electron chi connectivity index (χ0n) is 8.31. The highest BCUT2D eigenvalue weighted by Crippen LogP contribution is 2.18. The summed E-state index contributed by atoms with van der Waals surface area (Å²) in [4.78, 5) is 22.5. The SMILES string of the molecule is NC(=O)Cn1c(=O)ccc2cc(Br)ccc21. The number of carbonyl (C=O) groups is 1. The maximum absolute atomic E-state index is 11.6. The van der Waals surface area contributed by atoms with Crippen molar-refractivity contribution in [1.82, 2.24) is 4.57 Å². The Labute approximate surface area is 99.8 Å². The lowest BCUT2D eigenvalue weighted by molar-refractivity contribution is -0.118. The highest BCUT2D eigenvalue weighted by atomic mass is 79.9. The number of hydrogen-bond acceptors (Lipinski definition) is 2. The molecule has 0 aliphatic carbocycles. The average Bonchev–Trinajstić information content (AvgIpc) is 2.22. The van der Waals surface area contributed by atoms with Gasteiger partial charge < -0.3 is 5.73 Å². The van der Waals surface area contributed by atoms with Crippen LogP contribution in [0, 0.1) is 0 Å². The molecule has 0 atom stereocenters. The van der Waals surface area contributed by atoms with Crippen LogP contribution >= 0.6 is 15.9 Å². The lowest BCUT2D eigenvalue weighted by Crippen LogP contribution is -2.27. The second-order valence-corrected chi connectivity index (χ2v) is 4.34. The molecule has 0 spiro atoms. The molecule has 2 aromatic rings. The van der Waals surface area contributed by atoms with Gasteiger partial charge in [-0.05, 0) is 29.7 Å². The molecule has 1 aromatic carbocycles. The normalized spacial score (nSPS) is 10.6. The number of primary amides is 1. The molecule has 0 fully saturated rings. The molecule has 2 rings (SSSR count). The largest absolute Gasteiger partial charge is 0.368 e. The van der Waals surface area contributed by atoms with Crippen molar-refractivity contribution in [2.75, 3.05) is 0 Å². The van der Waals surface area contributed by atoms with E-state index >= 15 is 0 Å². The van der Waals surface area contributed by atoms with Crippen molar-refractivity contribution < 1.29 is 4.79 Å². The summed E-state index contributed by atoms with van der Waals surface area (Å²) in [5.74, 6) is -0.530. The predicted octanol–water partition coefficient (Wildman–Crippen LogP) is 1.25. The van der Waals surface area contributed by atoms with Gasteiger partial charge in [-0.2, -0.15) is 0 Å². The number of hydrogen-bond donors (Lipinski definition) is 1. The van der Waals surface area contributed by atoms with Gasteiger partial charge in [0, 0.05) is 10.5 Å². The van der Waals surface area contributed by atoms with Crippen molar-refractivity contribution in [3.05, 3.63) is 45.2 Å². The minimum Gasteiger partial charge on any atom is -0.368 e. The topological polar surface area (TPSA) is 65.1 Å². The van der Waals surface area contributed by atoms with E-state index in [0.29, 0.717) is 5.52 Å². The second kappa shape index (κ2) is 4.09. The number of benzene rings is 1. The van der Waals surface area contributed by atoms with Crippen LogP contribution in [-0.4, -0.2) is 10.5 Å². The fraction of sp³-hybridized carbons (Fsp3) is 0.0909. The Bertz CT molecular complexity index is 619. The van der Waals surface area contributed by atoms with E-state index in [1.54, 1.807) is 12.1 Å². The molecular formula is C11H9BrN2O2. The Hall–Kier alpha value is -1.62. The Morgan fingerprint density at radius 3 is 2.75 bits per heavy atom. The summed E-state index contributed by atoms with van der Waals surface area (Å²) in [5.41, 5.74) is 5.58. The molecule has 16 heavy (non-hydrogen) atoms. The van der Waals surface area contributed by atoms with Crippen molar-refractivity contribution in [3.8, 4) is 0 Å². The van der Waals surface area contributed by atoms with Crippen LogP contribution in [0.5, 0.6) is 0 Å². The molecule has 5 heteroatoms. The van der Waals surface area contributed by atoms with Gasteiger partial charge in [0.25, 0.3) is 5.56 Å². The van der Waals surface area contributed by atoms with Gasteiger partial charge in [0.05, 0.1) is 5.52 Å². The van der Waals surface area contributed by atoms with Gasteiger partial charge in [-0.1, -0.05) is 15.9 Å². The number of rotatable bonds is 2. The Kier molecular flexibility index (Phi) is 2.78. The number of aromatic nitrogens is 1. The first-order valence-corrected chi connectivity index (χ1v) is 5.44. The van der Waals surface area contributed by atoms with Crippen LogP contribution in [0.15, 0.2) is 39.6 Å². The van der Waals surface area contributed by atoms with Crippen molar-refractivity contribution in [2.45, 2.75) is 6.54 Å². The van der Waals surface area contributed by atoms with E-state index in [1.165, 1.54) is 10.6 Å². The number of amides is 1. The molecule has 0 unspecified atom stereocenters. The summed E-state index contributed by atoms with van der Waals surface area (Å²) in [6.07, 6.45) is 0. The zero-order valence-corrected chi connectivity index (χ0v) is 9.90. The number of nitrogens with two attached hydrogens (primary N) is 1. The summed E-state index contributed by atoms with van der Waals surface area (Å²) >= 11 is 3.35. The van der Waals surface area contributed by atoms with Gasteiger partial charge in [0.1, 0.15) is 6.54 Å². The minimum absolute atomic E-state index is 0.0994. The molecule has 1 heterocycles. The number of fused-ring (bicyclic) bond motifs is 1. The Balaban J connectivity index is 2.74. The van der Waals surface area contributed by atoms with Crippen LogP contribution in [0.3, 0.4) is 0 Å². The molecular weight excluding hydrogens is 272 g/mol. The van der Waals surface area contributed by atoms with Gasteiger partial charge in [-0.3, -0.25) is 14.2 Å². The molecule has 0 saturated heterocycles. The third kappa shape index (κ3) is 1.99. The Morgan fingerprint density at radius 1 is 1.31 bits per heavy atom. The van der Waals surface area contributed by atoms with E-state index in [9.17, 15) is 9.59 Å². The molecule has 2 N–H and O–H groups in total. The summed E-state index contributed by atoms with van der Waals surface area (Å²) in [6.45, 7) is -0.0994. The first kappa shape index (κ1) is 10.9. The summed E-state index contributed by atoms with van der Waals surface area (Å²) < 4.78 is 2.29. The van der Waals surface area contributed by atoms with E-state index in [1.807, 2.05) is 12.1 Å². The molecule has 0 aliphatic rings. The molecule has 0 radical (unpaired) electrons. The minimum atomic E-state index is -0.530. The second-order valence-electron chi connectivity index (χ2n) is 3.43. The number of nitrogens with zero attached hydrogens (tertiary/aromatic N) is 1.